The zero-order valence-electron chi connectivity index (χ0n) is 14.1. The van der Waals surface area contributed by atoms with E-state index < -0.39 is 67.5 Å². The van der Waals surface area contributed by atoms with Crippen molar-refractivity contribution in [1.82, 2.24) is 0 Å². The van der Waals surface area contributed by atoms with Crippen LogP contribution in [0.25, 0.3) is 0 Å². The highest BCUT2D eigenvalue weighted by Crippen LogP contribution is 2.47. The van der Waals surface area contributed by atoms with Gasteiger partial charge in [-0.15, -0.1) is 0 Å². The van der Waals surface area contributed by atoms with Gasteiger partial charge in [-0.2, -0.15) is 0 Å². The summed E-state index contributed by atoms with van der Waals surface area (Å²) in [6, 6.07) is 0. The molecule has 0 radical (unpaired) electrons. The first-order chi connectivity index (χ1) is 12.3. The third kappa shape index (κ3) is 3.22. The Balaban J connectivity index is 1.79. The van der Waals surface area contributed by atoms with Crippen molar-refractivity contribution in [1.29, 1.82) is 0 Å². The molecule has 0 spiro atoms. The van der Waals surface area contributed by atoms with Crippen LogP contribution in [0, 0.1) is 17.8 Å². The summed E-state index contributed by atoms with van der Waals surface area (Å²) < 4.78 is 16.3. The Morgan fingerprint density at radius 1 is 1.19 bits per heavy atom. The lowest BCUT2D eigenvalue weighted by atomic mass is 9.83. The minimum Gasteiger partial charge on any atom is -0.478 e. The second kappa shape index (κ2) is 7.39. The first-order valence-corrected chi connectivity index (χ1v) is 8.49. The van der Waals surface area contributed by atoms with E-state index in [1.54, 1.807) is 6.92 Å². The first kappa shape index (κ1) is 19.5. The summed E-state index contributed by atoms with van der Waals surface area (Å²) in [5.74, 6) is -2.49. The van der Waals surface area contributed by atoms with E-state index in [4.69, 9.17) is 14.2 Å². The van der Waals surface area contributed by atoms with Gasteiger partial charge < -0.3 is 44.8 Å². The highest BCUT2D eigenvalue weighted by atomic mass is 16.8. The molecule has 0 unspecified atom stereocenters. The van der Waals surface area contributed by atoms with Crippen molar-refractivity contribution in [2.75, 3.05) is 6.61 Å². The van der Waals surface area contributed by atoms with E-state index in [0.717, 1.165) is 6.26 Å². The summed E-state index contributed by atoms with van der Waals surface area (Å²) in [5.41, 5.74) is 0.0343. The fourth-order valence-electron chi connectivity index (χ4n) is 3.99. The molecule has 1 aliphatic carbocycles. The Morgan fingerprint density at radius 2 is 1.88 bits per heavy atom. The molecule has 148 valence electrons. The van der Waals surface area contributed by atoms with Crippen LogP contribution in [0.1, 0.15) is 13.3 Å². The standard InChI is InChI=1S/C16H24O10/c1-5-8(18)2-6-7(14(22)23)4-24-15(10(5)6)26-16-13(21)12(20)11(19)9(3-17)25-16/h4-6,8-13,15-21H,2-3H2,1H3,(H,22,23)/t5-,6+,8-,9-,10+,11+,12+,13-,15-,16-/m0/s1. The van der Waals surface area contributed by atoms with Gasteiger partial charge in [0.25, 0.3) is 0 Å². The molecule has 0 aromatic carbocycles. The summed E-state index contributed by atoms with van der Waals surface area (Å²) in [4.78, 5) is 11.4. The van der Waals surface area contributed by atoms with Crippen molar-refractivity contribution >= 4 is 5.97 Å². The highest BCUT2D eigenvalue weighted by molar-refractivity contribution is 5.87. The first-order valence-electron chi connectivity index (χ1n) is 8.49. The number of aliphatic hydroxyl groups excluding tert-OH is 5. The van der Waals surface area contributed by atoms with Crippen LogP contribution in [0.2, 0.25) is 0 Å². The van der Waals surface area contributed by atoms with Gasteiger partial charge in [0.1, 0.15) is 24.4 Å². The van der Waals surface area contributed by atoms with E-state index in [1.807, 2.05) is 0 Å². The average Bonchev–Trinajstić information content (AvgIpc) is 2.90. The van der Waals surface area contributed by atoms with Crippen LogP contribution in [0.15, 0.2) is 11.8 Å². The molecule has 2 aliphatic heterocycles. The van der Waals surface area contributed by atoms with E-state index in [-0.39, 0.29) is 17.9 Å². The number of hydrogen-bond donors (Lipinski definition) is 6. The molecule has 3 rings (SSSR count). The Hall–Kier alpha value is -1.27. The number of aliphatic carboxylic acids is 1. The summed E-state index contributed by atoms with van der Waals surface area (Å²) >= 11 is 0. The van der Waals surface area contributed by atoms with Gasteiger partial charge in [0.05, 0.1) is 24.5 Å². The van der Waals surface area contributed by atoms with E-state index in [0.29, 0.717) is 0 Å². The third-order valence-electron chi connectivity index (χ3n) is 5.58. The monoisotopic (exact) mass is 376 g/mol. The molecule has 0 bridgehead atoms. The largest absolute Gasteiger partial charge is 0.478 e. The molecular formula is C16H24O10. The van der Waals surface area contributed by atoms with Crippen molar-refractivity contribution in [3.05, 3.63) is 11.8 Å². The molecule has 0 amide bonds. The van der Waals surface area contributed by atoms with Gasteiger partial charge in [0, 0.05) is 11.8 Å². The van der Waals surface area contributed by atoms with E-state index in [1.165, 1.54) is 0 Å². The van der Waals surface area contributed by atoms with Gasteiger partial charge in [0.2, 0.25) is 6.29 Å². The van der Waals surface area contributed by atoms with Crippen LogP contribution in [-0.2, 0) is 19.0 Å². The number of ether oxygens (including phenoxy) is 3. The Labute approximate surface area is 149 Å². The van der Waals surface area contributed by atoms with E-state index in [9.17, 15) is 35.4 Å². The summed E-state index contributed by atoms with van der Waals surface area (Å²) in [5, 5.41) is 58.5. The molecule has 2 heterocycles. The van der Waals surface area contributed by atoms with Crippen molar-refractivity contribution in [2.45, 2.75) is 56.4 Å². The molecule has 1 saturated carbocycles. The van der Waals surface area contributed by atoms with Gasteiger partial charge in [-0.05, 0) is 12.3 Å². The molecule has 10 nitrogen and oxygen atoms in total. The quantitative estimate of drug-likeness (QED) is 0.316. The number of fused-ring (bicyclic) bond motifs is 1. The molecule has 6 N–H and O–H groups in total. The van der Waals surface area contributed by atoms with Crippen LogP contribution in [-0.4, -0.2) is 86.3 Å². The van der Waals surface area contributed by atoms with Gasteiger partial charge in [-0.3, -0.25) is 0 Å². The zero-order valence-corrected chi connectivity index (χ0v) is 14.1. The Morgan fingerprint density at radius 3 is 2.50 bits per heavy atom. The lowest BCUT2D eigenvalue weighted by Gasteiger charge is -2.43. The second-order valence-electron chi connectivity index (χ2n) is 7.06. The summed E-state index contributed by atoms with van der Waals surface area (Å²) in [7, 11) is 0. The minimum absolute atomic E-state index is 0.0343. The van der Waals surface area contributed by atoms with Gasteiger partial charge in [-0.25, -0.2) is 4.79 Å². The fourth-order valence-corrected chi connectivity index (χ4v) is 3.99. The molecule has 10 heteroatoms. The van der Waals surface area contributed by atoms with Gasteiger partial charge in [-0.1, -0.05) is 6.92 Å². The molecule has 10 atom stereocenters. The molecule has 0 aromatic heterocycles. The predicted molar refractivity (Wildman–Crippen MR) is 82.2 cm³/mol. The zero-order chi connectivity index (χ0) is 19.2. The minimum atomic E-state index is -1.60. The summed E-state index contributed by atoms with van der Waals surface area (Å²) in [6.07, 6.45) is -7.71. The van der Waals surface area contributed by atoms with Crippen LogP contribution in [0.3, 0.4) is 0 Å². The van der Waals surface area contributed by atoms with Crippen LogP contribution in [0.4, 0.5) is 0 Å². The van der Waals surface area contributed by atoms with Crippen LogP contribution >= 0.6 is 0 Å². The normalized spacial score (nSPS) is 48.5. The predicted octanol–water partition coefficient (Wildman–Crippen LogP) is -2.24. The SMILES string of the molecule is C[C@@H]1[C@H]2[C@H](O[C@@H]3O[C@@H](CO)[C@@H](O)[C@@H](O)[C@@H]3O)OC=C(C(=O)O)[C@H]2C[C@@H]1O. The van der Waals surface area contributed by atoms with Crippen LogP contribution in [0.5, 0.6) is 0 Å². The third-order valence-corrected chi connectivity index (χ3v) is 5.58. The number of carboxylic acid groups (broad SMARTS) is 1. The van der Waals surface area contributed by atoms with Crippen molar-refractivity contribution in [3.63, 3.8) is 0 Å². The number of carbonyl (C=O) groups is 1. The van der Waals surface area contributed by atoms with Gasteiger partial charge >= 0.3 is 5.97 Å². The molecule has 0 aromatic rings. The number of rotatable bonds is 4. The molecule has 1 saturated heterocycles. The lowest BCUT2D eigenvalue weighted by Crippen LogP contribution is -2.60. The smallest absolute Gasteiger partial charge is 0.334 e. The molecule has 26 heavy (non-hydrogen) atoms. The number of hydrogen-bond acceptors (Lipinski definition) is 9. The maximum atomic E-state index is 11.4. The number of aliphatic hydroxyl groups is 5. The second-order valence-corrected chi connectivity index (χ2v) is 7.06. The maximum Gasteiger partial charge on any atom is 0.334 e. The van der Waals surface area contributed by atoms with Gasteiger partial charge in [0.15, 0.2) is 6.29 Å². The Kier molecular flexibility index (Phi) is 5.54. The average molecular weight is 376 g/mol. The van der Waals surface area contributed by atoms with Crippen molar-refractivity contribution in [3.8, 4) is 0 Å². The lowest BCUT2D eigenvalue weighted by molar-refractivity contribution is -0.342. The topological polar surface area (TPSA) is 166 Å². The van der Waals surface area contributed by atoms with Crippen LogP contribution < -0.4 is 0 Å². The molecule has 2 fully saturated rings. The molecular weight excluding hydrogens is 352 g/mol. The van der Waals surface area contributed by atoms with E-state index >= 15 is 0 Å². The summed E-state index contributed by atoms with van der Waals surface area (Å²) in [6.45, 7) is 1.15. The molecule has 3 aliphatic rings. The number of carboxylic acids is 1. The van der Waals surface area contributed by atoms with Crippen molar-refractivity contribution in [2.24, 2.45) is 17.8 Å². The fraction of sp³-hybridized carbons (Fsp3) is 0.812. The Bertz CT molecular complexity index is 563. The van der Waals surface area contributed by atoms with Crippen molar-refractivity contribution < 1.29 is 49.6 Å². The van der Waals surface area contributed by atoms with E-state index in [2.05, 4.69) is 0 Å². The highest BCUT2D eigenvalue weighted by Gasteiger charge is 2.53. The maximum absolute atomic E-state index is 11.4.